The fourth-order valence-electron chi connectivity index (χ4n) is 1.91. The largest absolute Gasteiger partial charge is 0.452 e. The normalized spacial score (nSPS) is 10.0. The van der Waals surface area contributed by atoms with Crippen molar-refractivity contribution < 1.29 is 23.5 Å². The van der Waals surface area contributed by atoms with Gasteiger partial charge in [-0.3, -0.25) is 9.59 Å². The van der Waals surface area contributed by atoms with Gasteiger partial charge in [0.05, 0.1) is 5.56 Å². The molecule has 0 heterocycles. The van der Waals surface area contributed by atoms with E-state index in [-0.39, 0.29) is 15.9 Å². The smallest absolute Gasteiger partial charge is 0.339 e. The Balaban J connectivity index is 1.90. The van der Waals surface area contributed by atoms with Crippen LogP contribution in [0.15, 0.2) is 46.9 Å². The zero-order valence-corrected chi connectivity index (χ0v) is 14.7. The van der Waals surface area contributed by atoms with Crippen molar-refractivity contribution in [3.63, 3.8) is 0 Å². The maximum atomic E-state index is 13.0. The summed E-state index contributed by atoms with van der Waals surface area (Å²) in [5.41, 5.74) is 1.02. The molecule has 2 rings (SSSR count). The van der Waals surface area contributed by atoms with Gasteiger partial charge in [0.1, 0.15) is 5.82 Å². The second-order valence-corrected chi connectivity index (χ2v) is 5.76. The number of rotatable bonds is 5. The number of amides is 2. The highest BCUT2D eigenvalue weighted by atomic mass is 79.9. The molecule has 6 nitrogen and oxygen atoms in total. The molecule has 0 radical (unpaired) electrons. The van der Waals surface area contributed by atoms with Crippen LogP contribution in [0.1, 0.15) is 20.7 Å². The number of anilines is 1. The Morgan fingerprint density at radius 3 is 2.40 bits per heavy atom. The molecule has 2 amide bonds. The highest BCUT2D eigenvalue weighted by Crippen LogP contribution is 2.19. The van der Waals surface area contributed by atoms with Crippen molar-refractivity contribution >= 4 is 39.4 Å². The van der Waals surface area contributed by atoms with E-state index in [1.807, 2.05) is 0 Å². The van der Waals surface area contributed by atoms with E-state index < -0.39 is 24.3 Å². The number of benzene rings is 2. The molecule has 0 aliphatic carbocycles. The van der Waals surface area contributed by atoms with Gasteiger partial charge < -0.3 is 15.4 Å². The third kappa shape index (κ3) is 5.12. The fraction of sp³-hybridized carbons (Fsp3) is 0.118. The molecule has 2 N–H and O–H groups in total. The lowest BCUT2D eigenvalue weighted by Gasteiger charge is -2.08. The lowest BCUT2D eigenvalue weighted by atomic mass is 10.2. The Kier molecular flexibility index (Phi) is 6.24. The SMILES string of the molecule is CNC(=O)c1ccc(NC(=O)COC(=O)c2ccc(F)cc2Br)cc1. The predicted molar refractivity (Wildman–Crippen MR) is 92.8 cm³/mol. The average molecular weight is 409 g/mol. The van der Waals surface area contributed by atoms with Crippen LogP contribution in [-0.4, -0.2) is 31.4 Å². The number of hydrogen-bond donors (Lipinski definition) is 2. The van der Waals surface area contributed by atoms with Crippen LogP contribution >= 0.6 is 15.9 Å². The number of nitrogens with one attached hydrogen (secondary N) is 2. The van der Waals surface area contributed by atoms with Gasteiger partial charge in [-0.15, -0.1) is 0 Å². The lowest BCUT2D eigenvalue weighted by Crippen LogP contribution is -2.21. The number of halogens is 2. The van der Waals surface area contributed by atoms with Gasteiger partial charge in [-0.1, -0.05) is 0 Å². The van der Waals surface area contributed by atoms with Gasteiger partial charge in [0.25, 0.3) is 11.8 Å². The van der Waals surface area contributed by atoms with Crippen LogP contribution in [0, 0.1) is 5.82 Å². The Bertz CT molecular complexity index is 809. The first-order valence-corrected chi connectivity index (χ1v) is 7.94. The van der Waals surface area contributed by atoms with E-state index in [1.54, 1.807) is 24.3 Å². The molecule has 0 bridgehead atoms. The Labute approximate surface area is 151 Å². The predicted octanol–water partition coefficient (Wildman–Crippen LogP) is 2.74. The maximum absolute atomic E-state index is 13.0. The van der Waals surface area contributed by atoms with Gasteiger partial charge in [0.15, 0.2) is 6.61 Å². The van der Waals surface area contributed by atoms with E-state index in [0.717, 1.165) is 12.1 Å². The van der Waals surface area contributed by atoms with E-state index in [1.165, 1.54) is 13.1 Å². The number of carbonyl (C=O) groups excluding carboxylic acids is 3. The summed E-state index contributed by atoms with van der Waals surface area (Å²) in [6.45, 7) is -0.500. The van der Waals surface area contributed by atoms with Crippen LogP contribution in [0.25, 0.3) is 0 Å². The molecular weight excluding hydrogens is 395 g/mol. The van der Waals surface area contributed by atoms with Crippen LogP contribution in [-0.2, 0) is 9.53 Å². The first-order valence-electron chi connectivity index (χ1n) is 7.15. The number of ether oxygens (including phenoxy) is 1. The number of hydrogen-bond acceptors (Lipinski definition) is 4. The van der Waals surface area contributed by atoms with Gasteiger partial charge in [-0.25, -0.2) is 9.18 Å². The summed E-state index contributed by atoms with van der Waals surface area (Å²) in [6.07, 6.45) is 0. The van der Waals surface area contributed by atoms with Gasteiger partial charge >= 0.3 is 5.97 Å². The molecule has 0 saturated heterocycles. The molecule has 0 atom stereocenters. The van der Waals surface area contributed by atoms with Crippen LogP contribution in [0.3, 0.4) is 0 Å². The third-order valence-electron chi connectivity index (χ3n) is 3.14. The average Bonchev–Trinajstić information content (AvgIpc) is 2.59. The standard InChI is InChI=1S/C17H14BrFN2O4/c1-20-16(23)10-2-5-12(6-3-10)21-15(22)9-25-17(24)13-7-4-11(19)8-14(13)18/h2-8H,9H2,1H3,(H,20,23)(H,21,22). The van der Waals surface area contributed by atoms with Gasteiger partial charge in [-0.2, -0.15) is 0 Å². The Morgan fingerprint density at radius 1 is 1.12 bits per heavy atom. The summed E-state index contributed by atoms with van der Waals surface area (Å²) >= 11 is 3.06. The van der Waals surface area contributed by atoms with Gasteiger partial charge in [0.2, 0.25) is 0 Å². The molecule has 130 valence electrons. The molecule has 0 aliphatic heterocycles. The van der Waals surface area contributed by atoms with Crippen molar-refractivity contribution in [2.75, 3.05) is 19.0 Å². The van der Waals surface area contributed by atoms with Crippen molar-refractivity contribution in [2.45, 2.75) is 0 Å². The minimum Gasteiger partial charge on any atom is -0.452 e. The minimum atomic E-state index is -0.753. The first-order chi connectivity index (χ1) is 11.9. The molecule has 0 saturated carbocycles. The Morgan fingerprint density at radius 2 is 1.80 bits per heavy atom. The Hall–Kier alpha value is -2.74. The lowest BCUT2D eigenvalue weighted by molar-refractivity contribution is -0.119. The summed E-state index contributed by atoms with van der Waals surface area (Å²) in [4.78, 5) is 35.1. The number of esters is 1. The van der Waals surface area contributed by atoms with Crippen LogP contribution < -0.4 is 10.6 Å². The summed E-state index contributed by atoms with van der Waals surface area (Å²) in [6, 6.07) is 9.73. The van der Waals surface area contributed by atoms with Gasteiger partial charge in [-0.05, 0) is 58.4 Å². The molecule has 0 spiro atoms. The van der Waals surface area contributed by atoms with Crippen LogP contribution in [0.4, 0.5) is 10.1 Å². The monoisotopic (exact) mass is 408 g/mol. The highest BCUT2D eigenvalue weighted by Gasteiger charge is 2.14. The van der Waals surface area contributed by atoms with Crippen molar-refractivity contribution in [1.82, 2.24) is 5.32 Å². The molecule has 0 aliphatic rings. The molecule has 8 heteroatoms. The molecular formula is C17H14BrFN2O4. The van der Waals surface area contributed by atoms with E-state index >= 15 is 0 Å². The van der Waals surface area contributed by atoms with Crippen molar-refractivity contribution in [3.05, 3.63) is 63.9 Å². The molecule has 0 aromatic heterocycles. The summed E-state index contributed by atoms with van der Waals surface area (Å²) in [5, 5.41) is 5.02. The third-order valence-corrected chi connectivity index (χ3v) is 3.80. The van der Waals surface area contributed by atoms with Crippen LogP contribution in [0.2, 0.25) is 0 Å². The molecule has 25 heavy (non-hydrogen) atoms. The van der Waals surface area contributed by atoms with Crippen molar-refractivity contribution in [1.29, 1.82) is 0 Å². The molecule has 0 fully saturated rings. The summed E-state index contributed by atoms with van der Waals surface area (Å²) in [7, 11) is 1.52. The molecule has 2 aromatic rings. The topological polar surface area (TPSA) is 84.5 Å². The van der Waals surface area contributed by atoms with Crippen LogP contribution in [0.5, 0.6) is 0 Å². The molecule has 0 unspecified atom stereocenters. The van der Waals surface area contributed by atoms with E-state index in [2.05, 4.69) is 26.6 Å². The fourth-order valence-corrected chi connectivity index (χ4v) is 2.42. The van der Waals surface area contributed by atoms with Gasteiger partial charge in [0, 0.05) is 22.8 Å². The first kappa shape index (κ1) is 18.6. The second kappa shape index (κ2) is 8.39. The second-order valence-electron chi connectivity index (χ2n) is 4.90. The zero-order chi connectivity index (χ0) is 18.4. The minimum absolute atomic E-state index is 0.115. The van der Waals surface area contributed by atoms with E-state index in [0.29, 0.717) is 11.3 Å². The number of carbonyl (C=O) groups is 3. The summed E-state index contributed by atoms with van der Waals surface area (Å²) in [5.74, 6) is -2.03. The maximum Gasteiger partial charge on any atom is 0.339 e. The molecule has 2 aromatic carbocycles. The van der Waals surface area contributed by atoms with Crippen molar-refractivity contribution in [2.24, 2.45) is 0 Å². The zero-order valence-electron chi connectivity index (χ0n) is 13.1. The van der Waals surface area contributed by atoms with E-state index in [4.69, 9.17) is 4.74 Å². The summed E-state index contributed by atoms with van der Waals surface area (Å²) < 4.78 is 18.1. The quantitative estimate of drug-likeness (QED) is 0.744. The van der Waals surface area contributed by atoms with Crippen molar-refractivity contribution in [3.8, 4) is 0 Å². The highest BCUT2D eigenvalue weighted by molar-refractivity contribution is 9.10. The van der Waals surface area contributed by atoms with E-state index in [9.17, 15) is 18.8 Å².